The Labute approximate surface area is 98.6 Å². The fraction of sp³-hybridized carbons (Fsp3) is 0.250. The van der Waals surface area contributed by atoms with Gasteiger partial charge in [0.15, 0.2) is 0 Å². The maximum absolute atomic E-state index is 11.6. The molecule has 0 bridgehead atoms. The molecule has 0 spiro atoms. The number of carbonyl (C=O) groups excluding carboxylic acids is 2. The smallest absolute Gasteiger partial charge is 0.251 e. The van der Waals surface area contributed by atoms with Crippen molar-refractivity contribution in [3.63, 3.8) is 0 Å². The number of hydrogen-bond donors (Lipinski definition) is 1. The Bertz CT molecular complexity index is 501. The lowest BCUT2D eigenvalue weighted by molar-refractivity contribution is -0.136. The first-order chi connectivity index (χ1) is 8.11. The van der Waals surface area contributed by atoms with Crippen molar-refractivity contribution in [3.05, 3.63) is 29.8 Å². The van der Waals surface area contributed by atoms with E-state index >= 15 is 0 Å². The van der Waals surface area contributed by atoms with Crippen LogP contribution in [0.25, 0.3) is 0 Å². The zero-order valence-electron chi connectivity index (χ0n) is 9.30. The molecule has 5 heteroatoms. The molecule has 1 aliphatic heterocycles. The highest BCUT2D eigenvalue weighted by Gasteiger charge is 2.35. The van der Waals surface area contributed by atoms with E-state index in [-0.39, 0.29) is 18.2 Å². The molecule has 1 N–H and O–H groups in total. The van der Waals surface area contributed by atoms with Crippen LogP contribution in [0.2, 0.25) is 0 Å². The molecule has 5 nitrogen and oxygen atoms in total. The van der Waals surface area contributed by atoms with Crippen molar-refractivity contribution in [2.45, 2.75) is 12.5 Å². The van der Waals surface area contributed by atoms with Gasteiger partial charge in [-0.2, -0.15) is 5.26 Å². The quantitative estimate of drug-likeness (QED) is 0.759. The minimum atomic E-state index is -0.500. The Morgan fingerprint density at radius 2 is 2.00 bits per heavy atom. The average molecular weight is 229 g/mol. The molecule has 1 saturated heterocycles. The van der Waals surface area contributed by atoms with Crippen molar-refractivity contribution in [1.82, 2.24) is 4.90 Å². The van der Waals surface area contributed by atoms with E-state index in [4.69, 9.17) is 5.26 Å². The highest BCUT2D eigenvalue weighted by Crippen LogP contribution is 2.17. The predicted octanol–water partition coefficient (Wildman–Crippen LogP) is 0.727. The number of nitrogens with zero attached hydrogens (tertiary/aromatic N) is 2. The summed E-state index contributed by atoms with van der Waals surface area (Å²) in [6.07, 6.45) is 0.176. The SMILES string of the molecule is CN1C(=O)CC(Nc2ccc(C#N)cc2)C1=O. The molecule has 1 aliphatic rings. The molecule has 0 saturated carbocycles. The number of hydrogen-bond acceptors (Lipinski definition) is 4. The topological polar surface area (TPSA) is 73.2 Å². The highest BCUT2D eigenvalue weighted by atomic mass is 16.2. The van der Waals surface area contributed by atoms with Crippen LogP contribution in [0.4, 0.5) is 5.69 Å². The first-order valence-corrected chi connectivity index (χ1v) is 5.19. The molecule has 0 aromatic heterocycles. The fourth-order valence-electron chi connectivity index (χ4n) is 1.71. The third kappa shape index (κ3) is 2.11. The average Bonchev–Trinajstić information content (AvgIpc) is 2.58. The van der Waals surface area contributed by atoms with Crippen LogP contribution in [0.1, 0.15) is 12.0 Å². The molecule has 86 valence electrons. The summed E-state index contributed by atoms with van der Waals surface area (Å²) in [6.45, 7) is 0. The summed E-state index contributed by atoms with van der Waals surface area (Å²) in [5.74, 6) is -0.402. The van der Waals surface area contributed by atoms with Gasteiger partial charge in [-0.05, 0) is 24.3 Å². The van der Waals surface area contributed by atoms with Crippen molar-refractivity contribution in [3.8, 4) is 6.07 Å². The molecule has 1 fully saturated rings. The Balaban J connectivity index is 2.09. The zero-order chi connectivity index (χ0) is 12.4. The summed E-state index contributed by atoms with van der Waals surface area (Å²) in [4.78, 5) is 24.1. The van der Waals surface area contributed by atoms with E-state index in [0.717, 1.165) is 10.6 Å². The number of rotatable bonds is 2. The lowest BCUT2D eigenvalue weighted by atomic mass is 10.2. The Morgan fingerprint density at radius 1 is 1.35 bits per heavy atom. The number of benzene rings is 1. The second kappa shape index (κ2) is 4.26. The van der Waals surface area contributed by atoms with E-state index in [2.05, 4.69) is 5.32 Å². The number of amides is 2. The highest BCUT2D eigenvalue weighted by molar-refractivity contribution is 6.06. The lowest BCUT2D eigenvalue weighted by Crippen LogP contribution is -2.31. The molecule has 1 unspecified atom stereocenters. The van der Waals surface area contributed by atoms with Gasteiger partial charge < -0.3 is 5.32 Å². The minimum Gasteiger partial charge on any atom is -0.373 e. The summed E-state index contributed by atoms with van der Waals surface area (Å²) in [5.41, 5.74) is 1.28. The minimum absolute atomic E-state index is 0.176. The Morgan fingerprint density at radius 3 is 2.47 bits per heavy atom. The standard InChI is InChI=1S/C12H11N3O2/c1-15-11(16)6-10(12(15)17)14-9-4-2-8(7-13)3-5-9/h2-5,10,14H,6H2,1H3. The van der Waals surface area contributed by atoms with Crippen LogP contribution in [0.3, 0.4) is 0 Å². The largest absolute Gasteiger partial charge is 0.373 e. The van der Waals surface area contributed by atoms with Crippen molar-refractivity contribution >= 4 is 17.5 Å². The van der Waals surface area contributed by atoms with Crippen molar-refractivity contribution < 1.29 is 9.59 Å². The van der Waals surface area contributed by atoms with E-state index in [1.165, 1.54) is 7.05 Å². The summed E-state index contributed by atoms with van der Waals surface area (Å²) in [6, 6.07) is 8.27. The van der Waals surface area contributed by atoms with E-state index in [1.54, 1.807) is 24.3 Å². The van der Waals surface area contributed by atoms with Crippen molar-refractivity contribution in [2.24, 2.45) is 0 Å². The Hall–Kier alpha value is -2.35. The third-order valence-corrected chi connectivity index (χ3v) is 2.74. The third-order valence-electron chi connectivity index (χ3n) is 2.74. The van der Waals surface area contributed by atoms with Crippen molar-refractivity contribution in [1.29, 1.82) is 5.26 Å². The normalized spacial score (nSPS) is 19.3. The molecule has 1 aromatic rings. The number of imide groups is 1. The maximum Gasteiger partial charge on any atom is 0.251 e. The summed E-state index contributed by atoms with van der Waals surface area (Å²) in [7, 11) is 1.48. The van der Waals surface area contributed by atoms with Crippen LogP contribution in [0, 0.1) is 11.3 Å². The monoisotopic (exact) mass is 229 g/mol. The van der Waals surface area contributed by atoms with Crippen LogP contribution in [-0.4, -0.2) is 29.8 Å². The summed E-state index contributed by atoms with van der Waals surface area (Å²) < 4.78 is 0. The molecule has 2 rings (SSSR count). The molecule has 0 aliphatic carbocycles. The number of carbonyl (C=O) groups is 2. The number of nitrogens with one attached hydrogen (secondary N) is 1. The molecular weight excluding hydrogens is 218 g/mol. The zero-order valence-corrected chi connectivity index (χ0v) is 9.30. The lowest BCUT2D eigenvalue weighted by Gasteiger charge is -2.12. The second-order valence-corrected chi connectivity index (χ2v) is 3.88. The molecule has 17 heavy (non-hydrogen) atoms. The fourth-order valence-corrected chi connectivity index (χ4v) is 1.71. The van der Waals surface area contributed by atoms with Gasteiger partial charge in [-0.25, -0.2) is 0 Å². The van der Waals surface area contributed by atoms with Gasteiger partial charge in [0.25, 0.3) is 5.91 Å². The number of nitriles is 1. The van der Waals surface area contributed by atoms with E-state index in [0.29, 0.717) is 5.56 Å². The number of likely N-dealkylation sites (N-methyl/N-ethyl adjacent to an activating group) is 1. The van der Waals surface area contributed by atoms with Crippen LogP contribution in [0.5, 0.6) is 0 Å². The molecule has 0 radical (unpaired) electrons. The van der Waals surface area contributed by atoms with Gasteiger partial charge in [0.2, 0.25) is 5.91 Å². The number of likely N-dealkylation sites (tertiary alicyclic amines) is 1. The number of anilines is 1. The van der Waals surface area contributed by atoms with Gasteiger partial charge in [-0.15, -0.1) is 0 Å². The molecule has 1 atom stereocenters. The summed E-state index contributed by atoms with van der Waals surface area (Å²) in [5, 5.41) is 11.6. The van der Waals surface area contributed by atoms with E-state index < -0.39 is 6.04 Å². The van der Waals surface area contributed by atoms with Gasteiger partial charge in [0.1, 0.15) is 6.04 Å². The van der Waals surface area contributed by atoms with Gasteiger partial charge in [-0.1, -0.05) is 0 Å². The molecule has 1 heterocycles. The first-order valence-electron chi connectivity index (χ1n) is 5.19. The second-order valence-electron chi connectivity index (χ2n) is 3.88. The van der Waals surface area contributed by atoms with Crippen LogP contribution in [-0.2, 0) is 9.59 Å². The summed E-state index contributed by atoms with van der Waals surface area (Å²) >= 11 is 0. The molecule has 1 aromatic carbocycles. The Kier molecular flexibility index (Phi) is 2.79. The van der Waals surface area contributed by atoms with Crippen LogP contribution in [0.15, 0.2) is 24.3 Å². The van der Waals surface area contributed by atoms with Gasteiger partial charge in [0, 0.05) is 12.7 Å². The van der Waals surface area contributed by atoms with Gasteiger partial charge in [-0.3, -0.25) is 14.5 Å². The van der Waals surface area contributed by atoms with Gasteiger partial charge in [0.05, 0.1) is 18.1 Å². The van der Waals surface area contributed by atoms with Crippen LogP contribution < -0.4 is 5.32 Å². The van der Waals surface area contributed by atoms with E-state index in [1.807, 2.05) is 6.07 Å². The van der Waals surface area contributed by atoms with E-state index in [9.17, 15) is 9.59 Å². The predicted molar refractivity (Wildman–Crippen MR) is 61.0 cm³/mol. The molecule has 2 amide bonds. The molecular formula is C12H11N3O2. The maximum atomic E-state index is 11.6. The van der Waals surface area contributed by atoms with Crippen molar-refractivity contribution in [2.75, 3.05) is 12.4 Å². The first kappa shape index (κ1) is 11.1. The van der Waals surface area contributed by atoms with Gasteiger partial charge >= 0.3 is 0 Å². The van der Waals surface area contributed by atoms with Crippen LogP contribution >= 0.6 is 0 Å².